The van der Waals surface area contributed by atoms with Crippen LogP contribution in [0.1, 0.15) is 63.1 Å². The lowest BCUT2D eigenvalue weighted by Gasteiger charge is -2.15. The summed E-state index contributed by atoms with van der Waals surface area (Å²) in [5.41, 5.74) is 5.72. The molecule has 0 amide bonds. The van der Waals surface area contributed by atoms with Gasteiger partial charge in [0.1, 0.15) is 12.4 Å². The van der Waals surface area contributed by atoms with E-state index in [0.717, 1.165) is 52.8 Å². The lowest BCUT2D eigenvalue weighted by atomic mass is 9.88. The van der Waals surface area contributed by atoms with Gasteiger partial charge in [0.05, 0.1) is 10.6 Å². The van der Waals surface area contributed by atoms with Crippen molar-refractivity contribution in [1.29, 1.82) is 0 Å². The molecular formula is C29H27ClO4. The molecule has 1 atom stereocenters. The normalized spacial score (nSPS) is 17.7. The fraction of sp³-hybridized carbons (Fsp3) is 0.310. The summed E-state index contributed by atoms with van der Waals surface area (Å²) in [6.07, 6.45) is 5.47. The Hall–Kier alpha value is -3.11. The summed E-state index contributed by atoms with van der Waals surface area (Å²) in [4.78, 5) is 24.2. The van der Waals surface area contributed by atoms with E-state index in [1.54, 1.807) is 12.1 Å². The van der Waals surface area contributed by atoms with Crippen molar-refractivity contribution in [2.45, 2.75) is 45.6 Å². The van der Waals surface area contributed by atoms with Gasteiger partial charge in [-0.15, -0.1) is 0 Å². The summed E-state index contributed by atoms with van der Waals surface area (Å²) in [5, 5.41) is 9.64. The minimum atomic E-state index is -0.937. The highest BCUT2D eigenvalue weighted by Crippen LogP contribution is 2.44. The second-order valence-corrected chi connectivity index (χ2v) is 9.82. The van der Waals surface area contributed by atoms with Crippen LogP contribution in [-0.2, 0) is 13.0 Å². The van der Waals surface area contributed by atoms with Crippen molar-refractivity contribution in [3.8, 4) is 16.9 Å². The lowest BCUT2D eigenvalue weighted by molar-refractivity contribution is 0.0696. The smallest absolute Gasteiger partial charge is 0.335 e. The van der Waals surface area contributed by atoms with Crippen LogP contribution in [0.25, 0.3) is 11.1 Å². The Morgan fingerprint density at radius 2 is 1.79 bits per heavy atom. The lowest BCUT2D eigenvalue weighted by Crippen LogP contribution is -2.18. The molecule has 34 heavy (non-hydrogen) atoms. The van der Waals surface area contributed by atoms with Crippen molar-refractivity contribution in [3.63, 3.8) is 0 Å². The van der Waals surface area contributed by atoms with E-state index >= 15 is 0 Å². The van der Waals surface area contributed by atoms with Gasteiger partial charge in [-0.1, -0.05) is 54.8 Å². The third kappa shape index (κ3) is 4.23. The van der Waals surface area contributed by atoms with Gasteiger partial charge in [0.25, 0.3) is 0 Å². The predicted molar refractivity (Wildman–Crippen MR) is 133 cm³/mol. The van der Waals surface area contributed by atoms with E-state index < -0.39 is 5.97 Å². The van der Waals surface area contributed by atoms with Crippen molar-refractivity contribution in [3.05, 3.63) is 87.4 Å². The number of benzene rings is 3. The van der Waals surface area contributed by atoms with E-state index in [-0.39, 0.29) is 17.3 Å². The summed E-state index contributed by atoms with van der Waals surface area (Å²) in [7, 11) is 0. The second kappa shape index (κ2) is 9.27. The maximum absolute atomic E-state index is 13.1. The summed E-state index contributed by atoms with van der Waals surface area (Å²) in [5.74, 6) is 0.540. The zero-order valence-electron chi connectivity index (χ0n) is 19.1. The first kappa shape index (κ1) is 22.7. The number of Topliss-reactive ketones (excluding diaryl/α,β-unsaturated/α-hetero) is 1. The molecule has 0 saturated heterocycles. The molecule has 0 aromatic heterocycles. The summed E-state index contributed by atoms with van der Waals surface area (Å²) >= 11 is 6.69. The van der Waals surface area contributed by atoms with E-state index in [1.807, 2.05) is 49.4 Å². The number of carbonyl (C=O) groups excluding carboxylic acids is 1. The zero-order valence-corrected chi connectivity index (χ0v) is 19.9. The standard InChI is InChI=1S/C29H27ClO4/c1-17-25(15-23-14-24(20-6-2-3-7-20)28(31)26(23)27(17)30)34-16-18-5-4-8-22(13-18)19-9-11-21(12-10-19)29(32)33/h4-5,8-13,15,20,24H,2-3,6-7,14,16H2,1H3,(H,32,33). The zero-order chi connectivity index (χ0) is 23.8. The number of ketones is 1. The summed E-state index contributed by atoms with van der Waals surface area (Å²) in [6.45, 7) is 2.28. The van der Waals surface area contributed by atoms with Crippen LogP contribution in [0.3, 0.4) is 0 Å². The third-order valence-electron chi connectivity index (χ3n) is 7.32. The molecule has 0 heterocycles. The molecule has 5 heteroatoms. The average molecular weight is 475 g/mol. The van der Waals surface area contributed by atoms with Crippen molar-refractivity contribution < 1.29 is 19.4 Å². The number of carbonyl (C=O) groups is 2. The molecule has 1 unspecified atom stereocenters. The molecule has 4 nitrogen and oxygen atoms in total. The maximum Gasteiger partial charge on any atom is 0.335 e. The van der Waals surface area contributed by atoms with Crippen molar-refractivity contribution >= 4 is 23.4 Å². The van der Waals surface area contributed by atoms with Gasteiger partial charge < -0.3 is 9.84 Å². The minimum Gasteiger partial charge on any atom is -0.489 e. The number of aromatic carboxylic acids is 1. The highest BCUT2D eigenvalue weighted by atomic mass is 35.5. The van der Waals surface area contributed by atoms with E-state index in [4.69, 9.17) is 21.4 Å². The van der Waals surface area contributed by atoms with Crippen LogP contribution in [0, 0.1) is 18.8 Å². The number of hydrogen-bond donors (Lipinski definition) is 1. The molecule has 3 aromatic rings. The first-order chi connectivity index (χ1) is 16.4. The number of ether oxygens (including phenoxy) is 1. The third-order valence-corrected chi connectivity index (χ3v) is 7.80. The maximum atomic E-state index is 13.1. The fourth-order valence-corrected chi connectivity index (χ4v) is 5.72. The Bertz CT molecular complexity index is 1260. The topological polar surface area (TPSA) is 63.6 Å². The largest absolute Gasteiger partial charge is 0.489 e. The molecule has 0 spiro atoms. The first-order valence-electron chi connectivity index (χ1n) is 11.8. The molecule has 2 aliphatic rings. The number of rotatable bonds is 6. The van der Waals surface area contributed by atoms with Gasteiger partial charge in [-0.3, -0.25) is 4.79 Å². The molecule has 1 saturated carbocycles. The van der Waals surface area contributed by atoms with Gasteiger partial charge >= 0.3 is 5.97 Å². The van der Waals surface area contributed by atoms with E-state index in [1.165, 1.54) is 12.8 Å². The number of carboxylic acids is 1. The minimum absolute atomic E-state index is 0.0637. The highest BCUT2D eigenvalue weighted by molar-refractivity contribution is 6.35. The monoisotopic (exact) mass is 474 g/mol. The summed E-state index contributed by atoms with van der Waals surface area (Å²) in [6, 6.07) is 16.8. The quantitative estimate of drug-likeness (QED) is 0.412. The molecule has 174 valence electrons. The van der Waals surface area contributed by atoms with Gasteiger partial charge in [0, 0.05) is 17.0 Å². The van der Waals surface area contributed by atoms with Gasteiger partial charge in [-0.05, 0) is 78.6 Å². The highest BCUT2D eigenvalue weighted by Gasteiger charge is 2.39. The van der Waals surface area contributed by atoms with Gasteiger partial charge in [-0.2, -0.15) is 0 Å². The SMILES string of the molecule is Cc1c(OCc2cccc(-c3ccc(C(=O)O)cc3)c2)cc2c(c1Cl)C(=O)C(C1CCCC1)C2. The number of carboxylic acid groups (broad SMARTS) is 1. The van der Waals surface area contributed by atoms with Crippen molar-refractivity contribution in [2.24, 2.45) is 11.8 Å². The molecule has 1 N–H and O–H groups in total. The van der Waals surface area contributed by atoms with Crippen LogP contribution in [0.15, 0.2) is 54.6 Å². The first-order valence-corrected chi connectivity index (χ1v) is 12.2. The van der Waals surface area contributed by atoms with Crippen LogP contribution in [-0.4, -0.2) is 16.9 Å². The van der Waals surface area contributed by atoms with E-state index in [2.05, 4.69) is 0 Å². The Labute approximate surface area is 204 Å². The molecule has 2 aliphatic carbocycles. The fourth-order valence-electron chi connectivity index (χ4n) is 5.42. The van der Waals surface area contributed by atoms with Crippen LogP contribution >= 0.6 is 11.6 Å². The predicted octanol–water partition coefficient (Wildman–Crippen LogP) is 7.14. The molecule has 3 aromatic carbocycles. The number of hydrogen-bond acceptors (Lipinski definition) is 3. The number of fused-ring (bicyclic) bond motifs is 1. The van der Waals surface area contributed by atoms with Crippen LogP contribution in [0.4, 0.5) is 0 Å². The van der Waals surface area contributed by atoms with Crippen molar-refractivity contribution in [2.75, 3.05) is 0 Å². The van der Waals surface area contributed by atoms with Crippen molar-refractivity contribution in [1.82, 2.24) is 0 Å². The molecule has 0 aliphatic heterocycles. The van der Waals surface area contributed by atoms with Gasteiger partial charge in [-0.25, -0.2) is 4.79 Å². The Balaban J connectivity index is 1.34. The molecule has 5 rings (SSSR count). The summed E-state index contributed by atoms with van der Waals surface area (Å²) < 4.78 is 6.19. The van der Waals surface area contributed by atoms with Crippen LogP contribution in [0.5, 0.6) is 5.75 Å². The van der Waals surface area contributed by atoms with E-state index in [0.29, 0.717) is 23.1 Å². The molecule has 0 radical (unpaired) electrons. The Morgan fingerprint density at radius 3 is 2.50 bits per heavy atom. The Kier molecular flexibility index (Phi) is 6.18. The molecular weight excluding hydrogens is 448 g/mol. The van der Waals surface area contributed by atoms with Crippen LogP contribution < -0.4 is 4.74 Å². The van der Waals surface area contributed by atoms with Gasteiger partial charge in [0.2, 0.25) is 0 Å². The number of halogens is 1. The van der Waals surface area contributed by atoms with Gasteiger partial charge in [0.15, 0.2) is 5.78 Å². The molecule has 1 fully saturated rings. The Morgan fingerprint density at radius 1 is 1.06 bits per heavy atom. The second-order valence-electron chi connectivity index (χ2n) is 9.44. The molecule has 0 bridgehead atoms. The average Bonchev–Trinajstić information content (AvgIpc) is 3.49. The van der Waals surface area contributed by atoms with Crippen LogP contribution in [0.2, 0.25) is 5.02 Å². The van der Waals surface area contributed by atoms with E-state index in [9.17, 15) is 9.59 Å².